The smallest absolute Gasteiger partial charge is 0.306 e. The van der Waals surface area contributed by atoms with Crippen LogP contribution in [0.15, 0.2) is 109 Å². The third-order valence-electron chi connectivity index (χ3n) is 10.2. The molecule has 8 heteroatoms. The number of nitrogens with zero attached hydrogens (tertiary/aromatic N) is 1. The Kier molecular flexibility index (Phi) is 41.8. The number of carbonyl (C=O) groups excluding carboxylic acids is 3. The number of likely N-dealkylation sites (N-methyl/N-ethyl adjacent to an activating group) is 1. The van der Waals surface area contributed by atoms with Crippen molar-refractivity contribution in [2.24, 2.45) is 0 Å². The molecule has 0 fully saturated rings. The van der Waals surface area contributed by atoms with Gasteiger partial charge in [-0.15, -0.1) is 0 Å². The van der Waals surface area contributed by atoms with Crippen LogP contribution in [0, 0.1) is 0 Å². The quantitative estimate of drug-likeness (QED) is 0.0260. The Morgan fingerprint density at radius 3 is 1.25 bits per heavy atom. The molecule has 0 saturated heterocycles. The van der Waals surface area contributed by atoms with Crippen molar-refractivity contribution in [1.29, 1.82) is 0 Å². The van der Waals surface area contributed by atoms with Gasteiger partial charge >= 0.3 is 11.9 Å². The second kappa shape index (κ2) is 44.6. The molecule has 356 valence electrons. The topological polar surface area (TPSA) is 102 Å². The number of rotatable bonds is 42. The van der Waals surface area contributed by atoms with E-state index in [9.17, 15) is 19.5 Å². The summed E-state index contributed by atoms with van der Waals surface area (Å²) < 4.78 is 17.2. The number of aliphatic carboxylic acids is 1. The van der Waals surface area contributed by atoms with Crippen LogP contribution in [0.3, 0.4) is 0 Å². The van der Waals surface area contributed by atoms with Crippen LogP contribution in [0.4, 0.5) is 0 Å². The van der Waals surface area contributed by atoms with Gasteiger partial charge in [0, 0.05) is 19.3 Å². The molecule has 0 radical (unpaired) electrons. The van der Waals surface area contributed by atoms with E-state index in [-0.39, 0.29) is 42.7 Å². The Morgan fingerprint density at radius 2 is 0.841 bits per heavy atom. The molecule has 2 atom stereocenters. The number of quaternary nitrogens is 1. The summed E-state index contributed by atoms with van der Waals surface area (Å²) in [6.07, 6.45) is 61.1. The van der Waals surface area contributed by atoms with Crippen LogP contribution in [0.25, 0.3) is 0 Å². The van der Waals surface area contributed by atoms with E-state index in [1.807, 2.05) is 0 Å². The second-order valence-electron chi connectivity index (χ2n) is 16.9. The van der Waals surface area contributed by atoms with E-state index in [4.69, 9.17) is 14.2 Å². The van der Waals surface area contributed by atoms with E-state index in [0.29, 0.717) is 12.8 Å². The summed E-state index contributed by atoms with van der Waals surface area (Å²) in [5.41, 5.74) is 0. The largest absolute Gasteiger partial charge is 0.544 e. The Hall–Kier alpha value is -4.01. The van der Waals surface area contributed by atoms with Gasteiger partial charge in [0.05, 0.1) is 40.3 Å². The van der Waals surface area contributed by atoms with Crippen LogP contribution in [0.5, 0.6) is 0 Å². The maximum atomic E-state index is 12.8. The van der Waals surface area contributed by atoms with Gasteiger partial charge in [-0.3, -0.25) is 9.59 Å². The molecule has 0 aliphatic rings. The second-order valence-corrected chi connectivity index (χ2v) is 16.9. The summed E-state index contributed by atoms with van der Waals surface area (Å²) in [5, 5.41) is 11.7. The molecule has 0 heterocycles. The van der Waals surface area contributed by atoms with Crippen molar-refractivity contribution in [1.82, 2.24) is 0 Å². The first-order valence-electron chi connectivity index (χ1n) is 24.4. The summed E-state index contributed by atoms with van der Waals surface area (Å²) in [4.78, 5) is 37.0. The van der Waals surface area contributed by atoms with Crippen LogP contribution >= 0.6 is 0 Å². The van der Waals surface area contributed by atoms with Gasteiger partial charge in [-0.2, -0.15) is 0 Å². The van der Waals surface area contributed by atoms with Crippen LogP contribution in [0.2, 0.25) is 0 Å². The molecule has 0 aliphatic carbocycles. The highest BCUT2D eigenvalue weighted by Crippen LogP contribution is 2.13. The fraction of sp³-hybridized carbons (Fsp3) is 0.618. The number of carboxylic acids is 1. The van der Waals surface area contributed by atoms with E-state index in [0.717, 1.165) is 116 Å². The number of unbranched alkanes of at least 4 members (excludes halogenated alkanes) is 10. The van der Waals surface area contributed by atoms with E-state index in [2.05, 4.69) is 123 Å². The van der Waals surface area contributed by atoms with Gasteiger partial charge in [-0.05, 0) is 96.3 Å². The van der Waals surface area contributed by atoms with Crippen molar-refractivity contribution in [3.63, 3.8) is 0 Å². The Labute approximate surface area is 385 Å². The minimum absolute atomic E-state index is 0.0183. The average Bonchev–Trinajstić information content (AvgIpc) is 3.24. The lowest BCUT2D eigenvalue weighted by Crippen LogP contribution is -2.55. The molecule has 2 unspecified atom stereocenters. The van der Waals surface area contributed by atoms with Gasteiger partial charge in [-0.25, -0.2) is 0 Å². The number of carboxylic acid groups (broad SMARTS) is 1. The number of carbonyl (C=O) groups is 3. The molecule has 0 saturated carbocycles. The zero-order valence-corrected chi connectivity index (χ0v) is 40.4. The maximum absolute atomic E-state index is 12.8. The third-order valence-corrected chi connectivity index (χ3v) is 10.2. The van der Waals surface area contributed by atoms with Crippen molar-refractivity contribution in [2.75, 3.05) is 41.0 Å². The molecular formula is C55H89NO7. The predicted octanol–water partition coefficient (Wildman–Crippen LogP) is 12.7. The number of hydrogen-bond acceptors (Lipinski definition) is 7. The number of hydrogen-bond donors (Lipinski definition) is 0. The van der Waals surface area contributed by atoms with E-state index in [1.165, 1.54) is 19.3 Å². The molecule has 0 aliphatic heterocycles. The first-order chi connectivity index (χ1) is 30.6. The molecule has 63 heavy (non-hydrogen) atoms. The Bertz CT molecular complexity index is 1390. The monoisotopic (exact) mass is 876 g/mol. The SMILES string of the molecule is CC/C=C/C/C=C/C/C=C/C/C=C/C/C=C/CCCCCCCCCC(=O)OC(COCCC(C(=O)[O-])[N+](C)(C)C)COC(=O)CCCCC/C=C/C/C=C/C/C=C/C/C=C/CC. The van der Waals surface area contributed by atoms with Crippen LogP contribution in [0.1, 0.15) is 168 Å². The fourth-order valence-corrected chi connectivity index (χ4v) is 6.44. The van der Waals surface area contributed by atoms with Crippen LogP contribution in [-0.4, -0.2) is 75.5 Å². The Morgan fingerprint density at radius 1 is 0.476 bits per heavy atom. The fourth-order valence-electron chi connectivity index (χ4n) is 6.44. The van der Waals surface area contributed by atoms with E-state index < -0.39 is 18.1 Å². The van der Waals surface area contributed by atoms with Gasteiger partial charge < -0.3 is 28.6 Å². The molecule has 0 aromatic carbocycles. The highest BCUT2D eigenvalue weighted by atomic mass is 16.6. The standard InChI is InChI=1S/C55H89NO7/c1-6-8-10-12-14-16-18-20-22-24-25-26-27-28-29-30-32-34-36-38-40-42-44-46-54(58)63-51(49-61-48-47-52(55(59)60)56(3,4)5)50-62-53(57)45-43-41-39-37-35-33-31-23-21-19-17-15-13-11-9-7-2/h8-11,14-17,20-23,25-26,28-29,33,35,51-52H,6-7,12-13,18-19,24,27,30-32,34,36-50H2,1-5H3/b10-8+,11-9+,16-14+,17-15+,22-20+,23-21+,26-25+,29-28+,35-33+. The van der Waals surface area contributed by atoms with Gasteiger partial charge in [0.15, 0.2) is 6.10 Å². The van der Waals surface area contributed by atoms with Crippen LogP contribution < -0.4 is 5.11 Å². The lowest BCUT2D eigenvalue weighted by atomic mass is 10.1. The molecule has 0 amide bonds. The Balaban J connectivity index is 4.36. The molecule has 0 aromatic heterocycles. The molecular weight excluding hydrogens is 787 g/mol. The van der Waals surface area contributed by atoms with Gasteiger partial charge in [-0.1, -0.05) is 162 Å². The van der Waals surface area contributed by atoms with Gasteiger partial charge in [0.1, 0.15) is 12.6 Å². The summed E-state index contributed by atoms with van der Waals surface area (Å²) >= 11 is 0. The zero-order valence-electron chi connectivity index (χ0n) is 40.4. The first-order valence-corrected chi connectivity index (χ1v) is 24.4. The van der Waals surface area contributed by atoms with E-state index in [1.54, 1.807) is 21.1 Å². The van der Waals surface area contributed by atoms with Crippen molar-refractivity contribution in [2.45, 2.75) is 180 Å². The molecule has 0 aromatic rings. The highest BCUT2D eigenvalue weighted by molar-refractivity contribution is 5.70. The van der Waals surface area contributed by atoms with Crippen molar-refractivity contribution < 1.29 is 38.2 Å². The number of esters is 2. The predicted molar refractivity (Wildman–Crippen MR) is 263 cm³/mol. The lowest BCUT2D eigenvalue weighted by Gasteiger charge is -2.34. The maximum Gasteiger partial charge on any atom is 0.306 e. The average molecular weight is 876 g/mol. The van der Waals surface area contributed by atoms with Crippen molar-refractivity contribution in [3.05, 3.63) is 109 Å². The highest BCUT2D eigenvalue weighted by Gasteiger charge is 2.25. The summed E-state index contributed by atoms with van der Waals surface area (Å²) in [6, 6.07) is -0.740. The minimum Gasteiger partial charge on any atom is -0.544 e. The van der Waals surface area contributed by atoms with Crippen molar-refractivity contribution in [3.8, 4) is 0 Å². The number of allylic oxidation sites excluding steroid dienone is 18. The third kappa shape index (κ3) is 43.0. The van der Waals surface area contributed by atoms with Crippen LogP contribution in [-0.2, 0) is 28.6 Å². The normalized spacial score (nSPS) is 13.9. The first kappa shape index (κ1) is 59.0. The van der Waals surface area contributed by atoms with Crippen molar-refractivity contribution >= 4 is 17.9 Å². The summed E-state index contributed by atoms with van der Waals surface area (Å²) in [7, 11) is 5.39. The van der Waals surface area contributed by atoms with E-state index >= 15 is 0 Å². The summed E-state index contributed by atoms with van der Waals surface area (Å²) in [6.45, 7) is 4.37. The zero-order chi connectivity index (χ0) is 46.3. The van der Waals surface area contributed by atoms with Gasteiger partial charge in [0.25, 0.3) is 0 Å². The molecule has 0 N–H and O–H groups in total. The molecule has 8 nitrogen and oxygen atoms in total. The lowest BCUT2D eigenvalue weighted by molar-refractivity contribution is -0.889. The number of ether oxygens (including phenoxy) is 3. The molecule has 0 rings (SSSR count). The molecule has 0 spiro atoms. The summed E-state index contributed by atoms with van der Waals surface area (Å²) in [5.74, 6) is -1.80. The van der Waals surface area contributed by atoms with Gasteiger partial charge in [0.2, 0.25) is 0 Å². The minimum atomic E-state index is -1.14. The molecule has 0 bridgehead atoms.